The maximum atomic E-state index is 11.7. The number of methoxy groups -OCH3 is 1. The topological polar surface area (TPSA) is 49.8 Å². The molecule has 3 aliphatic rings. The molecule has 0 saturated heterocycles. The number of nitrogens with zero attached hydrogens (tertiary/aromatic N) is 1. The van der Waals surface area contributed by atoms with E-state index in [0.717, 1.165) is 37.8 Å². The maximum absolute atomic E-state index is 11.7. The van der Waals surface area contributed by atoms with Crippen LogP contribution in [0.3, 0.4) is 0 Å². The van der Waals surface area contributed by atoms with E-state index in [1.165, 1.54) is 11.1 Å². The summed E-state index contributed by atoms with van der Waals surface area (Å²) >= 11 is 0. The Labute approximate surface area is 131 Å². The summed E-state index contributed by atoms with van der Waals surface area (Å²) < 4.78 is 5.42. The second kappa shape index (κ2) is 4.72. The summed E-state index contributed by atoms with van der Waals surface area (Å²) in [7, 11) is 3.79. The highest BCUT2D eigenvalue weighted by atomic mass is 16.5. The smallest absolute Gasteiger partial charge is 0.161 e. The number of carbonyl (C=O) groups is 1. The Kier molecular flexibility index (Phi) is 3.02. The minimum atomic E-state index is -0.0418. The number of ketones is 1. The summed E-state index contributed by atoms with van der Waals surface area (Å²) in [6.45, 7) is 1.04. The molecule has 0 amide bonds. The number of rotatable bonds is 1. The molecule has 4 nitrogen and oxygen atoms in total. The van der Waals surface area contributed by atoms with Crippen molar-refractivity contribution in [1.82, 2.24) is 4.90 Å². The van der Waals surface area contributed by atoms with Gasteiger partial charge in [0.25, 0.3) is 0 Å². The van der Waals surface area contributed by atoms with Gasteiger partial charge in [0.05, 0.1) is 7.11 Å². The molecule has 1 aromatic rings. The third-order valence-corrected chi connectivity index (χ3v) is 6.09. The van der Waals surface area contributed by atoms with E-state index in [2.05, 4.69) is 11.9 Å². The van der Waals surface area contributed by atoms with Crippen LogP contribution in [0.4, 0.5) is 0 Å². The Morgan fingerprint density at radius 3 is 2.73 bits per heavy atom. The number of Topliss-reactive ketones (excluding diaryl/α,β-unsaturated/α-hetero) is 1. The normalized spacial score (nSPS) is 26.3. The first-order valence-electron chi connectivity index (χ1n) is 8.21. The summed E-state index contributed by atoms with van der Waals surface area (Å²) in [4.78, 5) is 14.1. The molecule has 1 heterocycles. The van der Waals surface area contributed by atoms with Crippen LogP contribution in [0.15, 0.2) is 6.07 Å². The predicted molar refractivity (Wildman–Crippen MR) is 83.5 cm³/mol. The van der Waals surface area contributed by atoms with Crippen molar-refractivity contribution in [2.24, 2.45) is 0 Å². The summed E-state index contributed by atoms with van der Waals surface area (Å²) in [5.74, 6) is 1.27. The Morgan fingerprint density at radius 2 is 2.05 bits per heavy atom. The maximum Gasteiger partial charge on any atom is 0.161 e. The van der Waals surface area contributed by atoms with Gasteiger partial charge >= 0.3 is 0 Å². The van der Waals surface area contributed by atoms with E-state index < -0.39 is 0 Å². The van der Waals surface area contributed by atoms with Crippen LogP contribution in [0.2, 0.25) is 0 Å². The van der Waals surface area contributed by atoms with E-state index in [1.54, 1.807) is 7.11 Å². The molecule has 1 atom stereocenters. The third kappa shape index (κ3) is 1.76. The first-order valence-corrected chi connectivity index (χ1v) is 8.21. The molecule has 1 fully saturated rings. The molecule has 2 aliphatic carbocycles. The molecular weight excluding hydrogens is 278 g/mol. The van der Waals surface area contributed by atoms with Gasteiger partial charge in [-0.3, -0.25) is 9.69 Å². The Bertz CT molecular complexity index is 642. The summed E-state index contributed by atoms with van der Waals surface area (Å²) in [5, 5.41) is 10.8. The SMILES string of the molecule is COc1cc2c3c(c1O)C1(CCC(=O)CC1)C[C@H]3N(C)CC2. The molecule has 1 spiro atoms. The van der Waals surface area contributed by atoms with Crippen LogP contribution in [0.25, 0.3) is 0 Å². The van der Waals surface area contributed by atoms with Crippen molar-refractivity contribution in [2.45, 2.75) is 50.0 Å². The summed E-state index contributed by atoms with van der Waals surface area (Å²) in [6, 6.07) is 2.39. The number of likely N-dealkylation sites (N-methyl/N-ethyl adjacent to an activating group) is 1. The molecule has 1 aliphatic heterocycles. The molecule has 0 aromatic heterocycles. The molecule has 0 bridgehead atoms. The number of phenols is 1. The first-order chi connectivity index (χ1) is 10.6. The number of phenolic OH excluding ortho intramolecular Hbond substituents is 1. The van der Waals surface area contributed by atoms with Crippen LogP contribution in [0.5, 0.6) is 11.5 Å². The predicted octanol–water partition coefficient (Wildman–Crippen LogP) is 2.71. The van der Waals surface area contributed by atoms with Crippen molar-refractivity contribution >= 4 is 5.78 Å². The average Bonchev–Trinajstić information content (AvgIpc) is 2.86. The molecule has 0 radical (unpaired) electrons. The number of aromatic hydroxyl groups is 1. The number of hydrogen-bond acceptors (Lipinski definition) is 4. The highest BCUT2D eigenvalue weighted by Crippen LogP contribution is 2.60. The lowest BCUT2D eigenvalue weighted by Crippen LogP contribution is -2.33. The van der Waals surface area contributed by atoms with Crippen LogP contribution in [0.1, 0.15) is 54.8 Å². The fraction of sp³-hybridized carbons (Fsp3) is 0.611. The number of ether oxygens (including phenoxy) is 1. The summed E-state index contributed by atoms with van der Waals surface area (Å²) in [6.07, 6.45) is 5.04. The van der Waals surface area contributed by atoms with Crippen molar-refractivity contribution in [2.75, 3.05) is 20.7 Å². The Hall–Kier alpha value is -1.55. The highest BCUT2D eigenvalue weighted by molar-refractivity contribution is 5.80. The zero-order valence-corrected chi connectivity index (χ0v) is 13.3. The van der Waals surface area contributed by atoms with Crippen molar-refractivity contribution in [3.8, 4) is 11.5 Å². The molecule has 1 aromatic carbocycles. The van der Waals surface area contributed by atoms with Crippen molar-refractivity contribution < 1.29 is 14.6 Å². The van der Waals surface area contributed by atoms with Gasteiger partial charge in [-0.1, -0.05) is 0 Å². The summed E-state index contributed by atoms with van der Waals surface area (Å²) in [5.41, 5.74) is 3.69. The van der Waals surface area contributed by atoms with Crippen molar-refractivity contribution in [1.29, 1.82) is 0 Å². The van der Waals surface area contributed by atoms with Crippen molar-refractivity contribution in [3.05, 3.63) is 22.8 Å². The molecule has 22 heavy (non-hydrogen) atoms. The van der Waals surface area contributed by atoms with E-state index >= 15 is 0 Å². The van der Waals surface area contributed by atoms with Crippen LogP contribution in [-0.2, 0) is 16.6 Å². The Balaban J connectivity index is 1.92. The van der Waals surface area contributed by atoms with Gasteiger partial charge in [-0.25, -0.2) is 0 Å². The fourth-order valence-electron chi connectivity index (χ4n) is 4.86. The lowest BCUT2D eigenvalue weighted by Gasteiger charge is -2.35. The van der Waals surface area contributed by atoms with Gasteiger partial charge in [0.1, 0.15) is 5.78 Å². The van der Waals surface area contributed by atoms with Gasteiger partial charge in [0.15, 0.2) is 11.5 Å². The number of fused-ring (bicyclic) bond motifs is 1. The fourth-order valence-corrected chi connectivity index (χ4v) is 4.86. The van der Waals surface area contributed by atoms with E-state index in [-0.39, 0.29) is 5.41 Å². The minimum absolute atomic E-state index is 0.0418. The van der Waals surface area contributed by atoms with E-state index in [1.807, 2.05) is 6.07 Å². The second-order valence-corrected chi connectivity index (χ2v) is 7.14. The van der Waals surface area contributed by atoms with Gasteiger partial charge in [-0.15, -0.1) is 0 Å². The van der Waals surface area contributed by atoms with Crippen LogP contribution in [0, 0.1) is 0 Å². The van der Waals surface area contributed by atoms with E-state index in [0.29, 0.717) is 36.2 Å². The van der Waals surface area contributed by atoms with Crippen molar-refractivity contribution in [3.63, 3.8) is 0 Å². The van der Waals surface area contributed by atoms with Gasteiger partial charge in [-0.2, -0.15) is 0 Å². The number of carbonyl (C=O) groups excluding carboxylic acids is 1. The minimum Gasteiger partial charge on any atom is -0.504 e. The third-order valence-electron chi connectivity index (χ3n) is 6.09. The zero-order chi connectivity index (χ0) is 15.5. The number of hydrogen-bond donors (Lipinski definition) is 1. The van der Waals surface area contributed by atoms with Gasteiger partial charge < -0.3 is 9.84 Å². The van der Waals surface area contributed by atoms with Gasteiger partial charge in [-0.05, 0) is 49.9 Å². The molecule has 1 N–H and O–H groups in total. The second-order valence-electron chi connectivity index (χ2n) is 7.14. The molecular formula is C18H23NO3. The largest absolute Gasteiger partial charge is 0.504 e. The number of benzene rings is 1. The van der Waals surface area contributed by atoms with Crippen LogP contribution >= 0.6 is 0 Å². The monoisotopic (exact) mass is 301 g/mol. The quantitative estimate of drug-likeness (QED) is 0.866. The molecule has 4 heteroatoms. The van der Waals surface area contributed by atoms with Gasteiger partial charge in [0, 0.05) is 36.4 Å². The van der Waals surface area contributed by atoms with E-state index in [9.17, 15) is 9.90 Å². The van der Waals surface area contributed by atoms with E-state index in [4.69, 9.17) is 4.74 Å². The molecule has 118 valence electrons. The molecule has 4 rings (SSSR count). The standard InChI is InChI=1S/C18H23NO3/c1-19-8-5-11-9-14(22-2)17(21)16-15(11)13(19)10-18(16)6-3-12(20)4-7-18/h9,13,21H,3-8,10H2,1-2H3/t13-/m1/s1. The molecule has 0 unspecified atom stereocenters. The van der Waals surface area contributed by atoms with Crippen LogP contribution in [-0.4, -0.2) is 36.5 Å². The Morgan fingerprint density at radius 1 is 1.32 bits per heavy atom. The lowest BCUT2D eigenvalue weighted by atomic mass is 9.69. The van der Waals surface area contributed by atoms with Gasteiger partial charge in [0.2, 0.25) is 0 Å². The average molecular weight is 301 g/mol. The zero-order valence-electron chi connectivity index (χ0n) is 13.3. The highest BCUT2D eigenvalue weighted by Gasteiger charge is 2.50. The lowest BCUT2D eigenvalue weighted by molar-refractivity contribution is -0.121. The first kappa shape index (κ1) is 14.1. The molecule has 1 saturated carbocycles. The van der Waals surface area contributed by atoms with Crippen LogP contribution < -0.4 is 4.74 Å².